The molecule has 0 spiro atoms. The number of aromatic nitrogens is 3. The second-order valence-corrected chi connectivity index (χ2v) is 5.71. The average molecular weight is 327 g/mol. The molecule has 3 aromatic rings. The molecule has 4 nitrogen and oxygen atoms in total. The number of nitrogens with zero attached hydrogens (tertiary/aromatic N) is 3. The Morgan fingerprint density at radius 2 is 2.14 bits per heavy atom. The zero-order valence-corrected chi connectivity index (χ0v) is 12.4. The zero-order valence-electron chi connectivity index (χ0n) is 11.6. The van der Waals surface area contributed by atoms with Crippen LogP contribution in [-0.2, 0) is 12.7 Å². The molecule has 0 aliphatic heterocycles. The number of rotatable bonds is 3. The molecule has 0 bridgehead atoms. The first-order valence-corrected chi connectivity index (χ1v) is 7.40. The second-order valence-electron chi connectivity index (χ2n) is 4.76. The molecule has 0 radical (unpaired) electrons. The van der Waals surface area contributed by atoms with Crippen LogP contribution < -0.4 is 0 Å². The average Bonchev–Trinajstić information content (AvgIpc) is 3.07. The van der Waals surface area contributed by atoms with E-state index in [-0.39, 0.29) is 35.6 Å². The summed E-state index contributed by atoms with van der Waals surface area (Å²) >= 11 is 1.32. The molecule has 8 heteroatoms. The van der Waals surface area contributed by atoms with Crippen molar-refractivity contribution in [2.24, 2.45) is 0 Å². The van der Waals surface area contributed by atoms with Crippen molar-refractivity contribution in [3.63, 3.8) is 0 Å². The third-order valence-corrected chi connectivity index (χ3v) is 4.16. The molecule has 0 saturated carbocycles. The Balaban J connectivity index is 2.35. The summed E-state index contributed by atoms with van der Waals surface area (Å²) in [4.78, 5) is 4.99. The number of aliphatic hydroxyl groups excluding tert-OH is 1. The quantitative estimate of drug-likeness (QED) is 0.801. The SMILES string of the molecule is Cc1nn(CCO)c2nc(-c3cccs3)cc(C(F)(F)F)c12. The highest BCUT2D eigenvalue weighted by Gasteiger charge is 2.35. The van der Waals surface area contributed by atoms with E-state index in [1.807, 2.05) is 0 Å². The predicted octanol–water partition coefficient (Wildman–Crippen LogP) is 3.48. The van der Waals surface area contributed by atoms with Gasteiger partial charge in [0.15, 0.2) is 5.65 Å². The van der Waals surface area contributed by atoms with E-state index >= 15 is 0 Å². The summed E-state index contributed by atoms with van der Waals surface area (Å²) in [5.74, 6) is 0. The number of thiophene rings is 1. The van der Waals surface area contributed by atoms with Crippen LogP contribution in [0.15, 0.2) is 23.6 Å². The van der Waals surface area contributed by atoms with Gasteiger partial charge in [-0.2, -0.15) is 18.3 Å². The molecular formula is C14H12F3N3OS. The molecule has 22 heavy (non-hydrogen) atoms. The van der Waals surface area contributed by atoms with Crippen LogP contribution in [0.3, 0.4) is 0 Å². The van der Waals surface area contributed by atoms with Gasteiger partial charge in [0.05, 0.1) is 40.4 Å². The van der Waals surface area contributed by atoms with Crippen LogP contribution >= 0.6 is 11.3 Å². The van der Waals surface area contributed by atoms with Crippen molar-refractivity contribution in [2.75, 3.05) is 6.61 Å². The van der Waals surface area contributed by atoms with E-state index in [1.54, 1.807) is 17.5 Å². The Morgan fingerprint density at radius 1 is 1.36 bits per heavy atom. The van der Waals surface area contributed by atoms with Gasteiger partial charge in [0, 0.05) is 0 Å². The lowest BCUT2D eigenvalue weighted by molar-refractivity contribution is -0.136. The number of pyridine rings is 1. The van der Waals surface area contributed by atoms with E-state index in [4.69, 9.17) is 5.11 Å². The van der Waals surface area contributed by atoms with Crippen LogP contribution in [0.5, 0.6) is 0 Å². The van der Waals surface area contributed by atoms with Crippen molar-refractivity contribution in [3.05, 3.63) is 34.8 Å². The van der Waals surface area contributed by atoms with Gasteiger partial charge in [-0.25, -0.2) is 9.67 Å². The van der Waals surface area contributed by atoms with Crippen LogP contribution in [-0.4, -0.2) is 26.5 Å². The minimum absolute atomic E-state index is 0.0127. The maximum absolute atomic E-state index is 13.4. The molecule has 1 N–H and O–H groups in total. The van der Waals surface area contributed by atoms with Gasteiger partial charge < -0.3 is 5.11 Å². The first-order chi connectivity index (χ1) is 10.4. The summed E-state index contributed by atoms with van der Waals surface area (Å²) in [6.07, 6.45) is -4.50. The van der Waals surface area contributed by atoms with Crippen molar-refractivity contribution >= 4 is 22.4 Å². The maximum atomic E-state index is 13.4. The van der Waals surface area contributed by atoms with Crippen LogP contribution in [0.2, 0.25) is 0 Å². The van der Waals surface area contributed by atoms with Crippen LogP contribution in [0.25, 0.3) is 21.6 Å². The lowest BCUT2D eigenvalue weighted by Gasteiger charge is -2.10. The highest BCUT2D eigenvalue weighted by molar-refractivity contribution is 7.13. The van der Waals surface area contributed by atoms with Crippen molar-refractivity contribution in [1.82, 2.24) is 14.8 Å². The fraction of sp³-hybridized carbons (Fsp3) is 0.286. The summed E-state index contributed by atoms with van der Waals surface area (Å²) in [5, 5.41) is 14.9. The summed E-state index contributed by atoms with van der Waals surface area (Å²) in [6.45, 7) is 1.39. The number of aliphatic hydroxyl groups is 1. The Morgan fingerprint density at radius 3 is 2.73 bits per heavy atom. The highest BCUT2D eigenvalue weighted by atomic mass is 32.1. The summed E-state index contributed by atoms with van der Waals surface area (Å²) in [6, 6.07) is 4.54. The van der Waals surface area contributed by atoms with Gasteiger partial charge in [0.25, 0.3) is 0 Å². The number of halogens is 3. The molecule has 3 aromatic heterocycles. The molecule has 116 valence electrons. The Bertz CT molecular complexity index is 809. The highest BCUT2D eigenvalue weighted by Crippen LogP contribution is 2.38. The second kappa shape index (κ2) is 5.36. The normalized spacial score (nSPS) is 12.2. The van der Waals surface area contributed by atoms with Crippen molar-refractivity contribution in [3.8, 4) is 10.6 Å². The molecule has 0 amide bonds. The predicted molar refractivity (Wildman–Crippen MR) is 77.7 cm³/mol. The van der Waals surface area contributed by atoms with E-state index in [0.717, 1.165) is 6.07 Å². The first kappa shape index (κ1) is 15.0. The standard InChI is InChI=1S/C14H12F3N3OS/c1-8-12-9(14(15,16)17)7-10(11-3-2-6-22-11)18-13(12)20(19-8)4-5-21/h2-3,6-7,21H,4-5H2,1H3. The monoisotopic (exact) mass is 327 g/mol. The Hall–Kier alpha value is -1.93. The number of hydrogen-bond acceptors (Lipinski definition) is 4. The lowest BCUT2D eigenvalue weighted by Crippen LogP contribution is -2.09. The fourth-order valence-corrected chi connectivity index (χ4v) is 3.06. The van der Waals surface area contributed by atoms with E-state index < -0.39 is 11.7 Å². The maximum Gasteiger partial charge on any atom is 0.417 e. The van der Waals surface area contributed by atoms with E-state index in [0.29, 0.717) is 4.88 Å². The molecule has 0 aliphatic rings. The molecule has 3 rings (SSSR count). The lowest BCUT2D eigenvalue weighted by atomic mass is 10.1. The number of hydrogen-bond donors (Lipinski definition) is 1. The third kappa shape index (κ3) is 2.48. The van der Waals surface area contributed by atoms with E-state index in [1.165, 1.54) is 22.9 Å². The third-order valence-electron chi connectivity index (χ3n) is 3.27. The number of fused-ring (bicyclic) bond motifs is 1. The first-order valence-electron chi connectivity index (χ1n) is 6.52. The Labute approximate surface area is 127 Å². The number of aryl methyl sites for hydroxylation is 1. The van der Waals surface area contributed by atoms with Gasteiger partial charge in [-0.05, 0) is 24.4 Å². The van der Waals surface area contributed by atoms with Crippen molar-refractivity contribution in [1.29, 1.82) is 0 Å². The molecule has 0 atom stereocenters. The van der Waals surface area contributed by atoms with Gasteiger partial charge in [-0.1, -0.05) is 6.07 Å². The molecule has 0 unspecified atom stereocenters. The Kier molecular flexibility index (Phi) is 3.65. The molecular weight excluding hydrogens is 315 g/mol. The van der Waals surface area contributed by atoms with Gasteiger partial charge in [-0.3, -0.25) is 0 Å². The van der Waals surface area contributed by atoms with Gasteiger partial charge >= 0.3 is 6.18 Å². The molecule has 0 saturated heterocycles. The van der Waals surface area contributed by atoms with Crippen LogP contribution in [0.1, 0.15) is 11.3 Å². The van der Waals surface area contributed by atoms with E-state index in [9.17, 15) is 13.2 Å². The fourth-order valence-electron chi connectivity index (χ4n) is 2.38. The molecule has 0 aliphatic carbocycles. The van der Waals surface area contributed by atoms with Gasteiger partial charge in [0.1, 0.15) is 0 Å². The van der Waals surface area contributed by atoms with Crippen LogP contribution in [0, 0.1) is 6.92 Å². The smallest absolute Gasteiger partial charge is 0.394 e. The van der Waals surface area contributed by atoms with Crippen molar-refractivity contribution in [2.45, 2.75) is 19.6 Å². The molecule has 0 fully saturated rings. The molecule has 0 aromatic carbocycles. The summed E-state index contributed by atoms with van der Waals surface area (Å²) < 4.78 is 41.5. The van der Waals surface area contributed by atoms with Gasteiger partial charge in [-0.15, -0.1) is 11.3 Å². The topological polar surface area (TPSA) is 50.9 Å². The van der Waals surface area contributed by atoms with Crippen LogP contribution in [0.4, 0.5) is 13.2 Å². The summed E-state index contributed by atoms with van der Waals surface area (Å²) in [5.41, 5.74) is -0.0951. The largest absolute Gasteiger partial charge is 0.417 e. The zero-order chi connectivity index (χ0) is 15.9. The van der Waals surface area contributed by atoms with Gasteiger partial charge in [0.2, 0.25) is 0 Å². The minimum atomic E-state index is -4.50. The van der Waals surface area contributed by atoms with E-state index in [2.05, 4.69) is 10.1 Å². The number of alkyl halides is 3. The van der Waals surface area contributed by atoms with Crippen molar-refractivity contribution < 1.29 is 18.3 Å². The minimum Gasteiger partial charge on any atom is -0.394 e. The molecule has 3 heterocycles. The summed E-state index contributed by atoms with van der Waals surface area (Å²) in [7, 11) is 0.